The van der Waals surface area contributed by atoms with Crippen LogP contribution in [0, 0.1) is 5.92 Å². The van der Waals surface area contributed by atoms with Gasteiger partial charge in [-0.3, -0.25) is 5.73 Å². The number of rotatable bonds is 10. The lowest BCUT2D eigenvalue weighted by Crippen LogP contribution is -2.52. The molecule has 2 saturated heterocycles. The molecule has 8 nitrogen and oxygen atoms in total. The maximum absolute atomic E-state index is 6.66. The Labute approximate surface area is 191 Å². The van der Waals surface area contributed by atoms with E-state index in [4.69, 9.17) is 19.9 Å². The highest BCUT2D eigenvalue weighted by molar-refractivity contribution is 5.74. The van der Waals surface area contributed by atoms with E-state index in [9.17, 15) is 0 Å². The highest BCUT2D eigenvalue weighted by atomic mass is 16.5. The van der Waals surface area contributed by atoms with Crippen molar-refractivity contribution in [1.29, 1.82) is 0 Å². The first-order valence-corrected chi connectivity index (χ1v) is 11.8. The zero-order valence-corrected chi connectivity index (χ0v) is 19.1. The third-order valence-electron chi connectivity index (χ3n) is 6.45. The third-order valence-corrected chi connectivity index (χ3v) is 6.45. The Kier molecular flexibility index (Phi) is 7.89. The summed E-state index contributed by atoms with van der Waals surface area (Å²) in [6, 6.07) is 5.76. The van der Waals surface area contributed by atoms with Gasteiger partial charge in [0.15, 0.2) is 11.5 Å². The Bertz CT molecular complexity index is 803. The summed E-state index contributed by atoms with van der Waals surface area (Å²) in [4.78, 5) is 7.02. The summed E-state index contributed by atoms with van der Waals surface area (Å²) in [5.41, 5.74) is 7.49. The number of benzene rings is 1. The molecule has 3 heterocycles. The number of hydrogen-bond acceptors (Lipinski definition) is 8. The lowest BCUT2D eigenvalue weighted by molar-refractivity contribution is 0.0667. The van der Waals surface area contributed by atoms with Crippen LogP contribution in [0.1, 0.15) is 37.7 Å². The van der Waals surface area contributed by atoms with Crippen LogP contribution in [0.15, 0.2) is 35.1 Å². The number of ether oxygens (including phenoxy) is 3. The average molecular weight is 444 g/mol. The summed E-state index contributed by atoms with van der Waals surface area (Å²) in [5.74, 6) is 1.82. The van der Waals surface area contributed by atoms with E-state index in [0.717, 1.165) is 57.0 Å². The molecular formula is C24H37N5O3. The van der Waals surface area contributed by atoms with Crippen LogP contribution in [0.3, 0.4) is 0 Å². The molecule has 0 saturated carbocycles. The number of nitrogens with zero attached hydrogens (tertiary/aromatic N) is 2. The number of methoxy groups -OCH3 is 1. The van der Waals surface area contributed by atoms with E-state index in [0.29, 0.717) is 24.0 Å². The van der Waals surface area contributed by atoms with Crippen molar-refractivity contribution in [1.82, 2.24) is 15.5 Å². The average Bonchev–Trinajstić information content (AvgIpc) is 3.35. The Morgan fingerprint density at radius 2 is 2.06 bits per heavy atom. The zero-order chi connectivity index (χ0) is 22.2. The third kappa shape index (κ3) is 5.94. The molecule has 8 heteroatoms. The topological polar surface area (TPSA) is 93.4 Å². The van der Waals surface area contributed by atoms with E-state index < -0.39 is 5.79 Å². The zero-order valence-electron chi connectivity index (χ0n) is 19.1. The molecule has 0 bridgehead atoms. The van der Waals surface area contributed by atoms with Crippen molar-refractivity contribution >= 4 is 6.21 Å². The number of nitrogens with two attached hydrogens (primary N) is 1. The second-order valence-electron chi connectivity index (χ2n) is 8.80. The maximum atomic E-state index is 6.66. The normalized spacial score (nSPS) is 24.1. The van der Waals surface area contributed by atoms with Gasteiger partial charge >= 0.3 is 0 Å². The van der Waals surface area contributed by atoms with Crippen molar-refractivity contribution in [2.75, 3.05) is 53.1 Å². The summed E-state index contributed by atoms with van der Waals surface area (Å²) in [7, 11) is 1.66. The summed E-state index contributed by atoms with van der Waals surface area (Å²) < 4.78 is 17.0. The van der Waals surface area contributed by atoms with Gasteiger partial charge in [0.2, 0.25) is 5.79 Å². The summed E-state index contributed by atoms with van der Waals surface area (Å²) in [6.07, 6.45) is 9.44. The summed E-state index contributed by atoms with van der Waals surface area (Å²) in [6.45, 7) is 6.69. The summed E-state index contributed by atoms with van der Waals surface area (Å²) >= 11 is 0. The molecule has 1 aromatic carbocycles. The first kappa shape index (κ1) is 22.9. The van der Waals surface area contributed by atoms with Crippen molar-refractivity contribution in [3.63, 3.8) is 0 Å². The monoisotopic (exact) mass is 443 g/mol. The van der Waals surface area contributed by atoms with Gasteiger partial charge in [-0.25, -0.2) is 4.99 Å². The van der Waals surface area contributed by atoms with Crippen molar-refractivity contribution in [2.45, 2.75) is 37.9 Å². The van der Waals surface area contributed by atoms with Gasteiger partial charge in [-0.05, 0) is 75.4 Å². The van der Waals surface area contributed by atoms with Crippen molar-refractivity contribution < 1.29 is 14.2 Å². The van der Waals surface area contributed by atoms with Crippen LogP contribution in [0.2, 0.25) is 0 Å². The van der Waals surface area contributed by atoms with E-state index in [1.165, 1.54) is 25.9 Å². The molecule has 1 atom stereocenters. The number of allylic oxidation sites excluding steroid dienone is 1. The SMILES string of the molecule is COc1ccc(C2(N)N=CC=C(NCC3CCOCC3)N2)cc1OCCCN1CCCC1. The van der Waals surface area contributed by atoms with Crippen LogP contribution in [0.4, 0.5) is 0 Å². The van der Waals surface area contributed by atoms with Gasteiger partial charge in [0.05, 0.1) is 13.7 Å². The highest BCUT2D eigenvalue weighted by Crippen LogP contribution is 2.32. The molecule has 4 N–H and O–H groups in total. The van der Waals surface area contributed by atoms with Crippen LogP contribution < -0.4 is 25.8 Å². The molecule has 4 rings (SSSR count). The number of hydrogen-bond donors (Lipinski definition) is 3. The first-order valence-electron chi connectivity index (χ1n) is 11.8. The standard InChI is InChI=1S/C24H37N5O3/c1-30-21-6-5-20(17-22(21)32-14-4-13-29-11-2-3-12-29)24(25)27-10-7-23(28-24)26-18-19-8-15-31-16-9-19/h5-7,10,17,19,26,28H,2-4,8-9,11-16,18,25H2,1H3. The molecule has 176 valence electrons. The van der Waals surface area contributed by atoms with Crippen molar-refractivity contribution in [3.8, 4) is 11.5 Å². The second-order valence-corrected chi connectivity index (χ2v) is 8.80. The van der Waals surface area contributed by atoms with Crippen LogP contribution in [0.25, 0.3) is 0 Å². The Morgan fingerprint density at radius 1 is 1.25 bits per heavy atom. The fraction of sp³-hybridized carbons (Fsp3) is 0.625. The van der Waals surface area contributed by atoms with Crippen LogP contribution in [-0.2, 0) is 10.5 Å². The number of aliphatic imine (C=N–C) groups is 1. The smallest absolute Gasteiger partial charge is 0.210 e. The molecule has 1 unspecified atom stereocenters. The van der Waals surface area contributed by atoms with Crippen molar-refractivity contribution in [2.24, 2.45) is 16.6 Å². The minimum atomic E-state index is -1.06. The van der Waals surface area contributed by atoms with Gasteiger partial charge in [-0.1, -0.05) is 0 Å². The van der Waals surface area contributed by atoms with Crippen LogP contribution in [-0.4, -0.2) is 64.2 Å². The van der Waals surface area contributed by atoms with Gasteiger partial charge < -0.3 is 29.7 Å². The minimum Gasteiger partial charge on any atom is -0.493 e. The van der Waals surface area contributed by atoms with Crippen molar-refractivity contribution in [3.05, 3.63) is 35.7 Å². The van der Waals surface area contributed by atoms with E-state index in [-0.39, 0.29) is 0 Å². The van der Waals surface area contributed by atoms with E-state index in [2.05, 4.69) is 20.5 Å². The highest BCUT2D eigenvalue weighted by Gasteiger charge is 2.30. The van der Waals surface area contributed by atoms with E-state index in [1.807, 2.05) is 24.3 Å². The minimum absolute atomic E-state index is 0.610. The van der Waals surface area contributed by atoms with Crippen LogP contribution >= 0.6 is 0 Å². The molecular weight excluding hydrogens is 406 g/mol. The fourth-order valence-electron chi connectivity index (χ4n) is 4.47. The van der Waals surface area contributed by atoms with E-state index >= 15 is 0 Å². The lowest BCUT2D eigenvalue weighted by Gasteiger charge is -2.33. The molecule has 0 spiro atoms. The Balaban J connectivity index is 1.35. The fourth-order valence-corrected chi connectivity index (χ4v) is 4.47. The Morgan fingerprint density at radius 3 is 2.84 bits per heavy atom. The van der Waals surface area contributed by atoms with Gasteiger partial charge in [-0.15, -0.1) is 0 Å². The quantitative estimate of drug-likeness (QED) is 0.477. The Hall–Kier alpha value is -2.29. The molecule has 3 aliphatic heterocycles. The van der Waals surface area contributed by atoms with Crippen LogP contribution in [0.5, 0.6) is 11.5 Å². The molecule has 2 fully saturated rings. The first-order chi connectivity index (χ1) is 15.7. The predicted octanol–water partition coefficient (Wildman–Crippen LogP) is 2.16. The molecule has 32 heavy (non-hydrogen) atoms. The second kappa shape index (κ2) is 11.0. The molecule has 3 aliphatic rings. The lowest BCUT2D eigenvalue weighted by atomic mass is 10.0. The van der Waals surface area contributed by atoms with E-state index in [1.54, 1.807) is 13.3 Å². The predicted molar refractivity (Wildman–Crippen MR) is 126 cm³/mol. The molecule has 0 amide bonds. The number of likely N-dealkylation sites (tertiary alicyclic amines) is 1. The molecule has 0 aromatic heterocycles. The molecule has 0 radical (unpaired) electrons. The van der Waals surface area contributed by atoms with Gasteiger partial charge in [-0.2, -0.15) is 0 Å². The van der Waals surface area contributed by atoms with Gasteiger partial charge in [0.25, 0.3) is 0 Å². The van der Waals surface area contributed by atoms with Gasteiger partial charge in [0, 0.05) is 38.1 Å². The maximum Gasteiger partial charge on any atom is 0.210 e. The largest absolute Gasteiger partial charge is 0.493 e. The number of nitrogens with one attached hydrogen (secondary N) is 2. The molecule has 0 aliphatic carbocycles. The van der Waals surface area contributed by atoms with Gasteiger partial charge in [0.1, 0.15) is 5.82 Å². The summed E-state index contributed by atoms with van der Waals surface area (Å²) in [5, 5.41) is 6.83. The molecule has 1 aromatic rings.